The number of aromatic nitrogens is 1. The SMILES string of the molecule is COc1ccc(NC(=O)c2ccc3ccccc3n2)cc1NS(C)(=O)=O. The van der Waals surface area contributed by atoms with Gasteiger partial charge < -0.3 is 10.1 Å². The summed E-state index contributed by atoms with van der Waals surface area (Å²) in [5, 5.41) is 3.65. The van der Waals surface area contributed by atoms with Crippen molar-refractivity contribution in [2.24, 2.45) is 0 Å². The second-order valence-corrected chi connectivity index (χ2v) is 7.38. The van der Waals surface area contributed by atoms with Gasteiger partial charge in [0.2, 0.25) is 10.0 Å². The fourth-order valence-electron chi connectivity index (χ4n) is 2.45. The van der Waals surface area contributed by atoms with Crippen molar-refractivity contribution in [3.05, 3.63) is 60.3 Å². The van der Waals surface area contributed by atoms with Gasteiger partial charge in [-0.1, -0.05) is 24.3 Å². The van der Waals surface area contributed by atoms with Gasteiger partial charge in [0.1, 0.15) is 11.4 Å². The molecule has 0 bridgehead atoms. The molecule has 2 N–H and O–H groups in total. The average Bonchev–Trinajstić information content (AvgIpc) is 2.60. The summed E-state index contributed by atoms with van der Waals surface area (Å²) >= 11 is 0. The van der Waals surface area contributed by atoms with Gasteiger partial charge in [0.05, 0.1) is 24.6 Å². The number of carbonyl (C=O) groups excluding carboxylic acids is 1. The lowest BCUT2D eigenvalue weighted by molar-refractivity contribution is 0.102. The molecule has 1 heterocycles. The fraction of sp³-hybridized carbons (Fsp3) is 0.111. The Balaban J connectivity index is 1.87. The van der Waals surface area contributed by atoms with Crippen molar-refractivity contribution in [3.63, 3.8) is 0 Å². The molecule has 3 aromatic rings. The third kappa shape index (κ3) is 4.09. The summed E-state index contributed by atoms with van der Waals surface area (Å²) in [6, 6.07) is 15.6. The van der Waals surface area contributed by atoms with Crippen LogP contribution in [-0.2, 0) is 10.0 Å². The van der Waals surface area contributed by atoms with Crippen LogP contribution in [0.3, 0.4) is 0 Å². The first-order chi connectivity index (χ1) is 12.4. The van der Waals surface area contributed by atoms with Crippen LogP contribution in [0.2, 0.25) is 0 Å². The van der Waals surface area contributed by atoms with Crippen molar-refractivity contribution < 1.29 is 17.9 Å². The lowest BCUT2D eigenvalue weighted by Crippen LogP contribution is -2.15. The van der Waals surface area contributed by atoms with Gasteiger partial charge in [-0.05, 0) is 30.3 Å². The minimum atomic E-state index is -3.49. The molecule has 7 nitrogen and oxygen atoms in total. The number of fused-ring (bicyclic) bond motifs is 1. The van der Waals surface area contributed by atoms with Crippen molar-refractivity contribution in [3.8, 4) is 5.75 Å². The highest BCUT2D eigenvalue weighted by Gasteiger charge is 2.12. The summed E-state index contributed by atoms with van der Waals surface area (Å²) in [5.74, 6) is -0.0523. The molecular weight excluding hydrogens is 354 g/mol. The number of hydrogen-bond acceptors (Lipinski definition) is 5. The van der Waals surface area contributed by atoms with Crippen LogP contribution >= 0.6 is 0 Å². The minimum absolute atomic E-state index is 0.235. The first-order valence-electron chi connectivity index (χ1n) is 7.69. The normalized spacial score (nSPS) is 11.2. The molecule has 0 spiro atoms. The molecule has 0 saturated heterocycles. The summed E-state index contributed by atoms with van der Waals surface area (Å²) < 4.78 is 30.5. The molecule has 8 heteroatoms. The summed E-state index contributed by atoms with van der Waals surface area (Å²) in [7, 11) is -2.06. The van der Waals surface area contributed by atoms with E-state index >= 15 is 0 Å². The zero-order chi connectivity index (χ0) is 18.7. The van der Waals surface area contributed by atoms with Crippen LogP contribution in [0, 0.1) is 0 Å². The number of anilines is 2. The molecule has 2 aromatic carbocycles. The van der Waals surface area contributed by atoms with E-state index in [0.717, 1.165) is 11.6 Å². The maximum absolute atomic E-state index is 12.5. The van der Waals surface area contributed by atoms with Crippen LogP contribution in [0.4, 0.5) is 11.4 Å². The van der Waals surface area contributed by atoms with E-state index in [1.807, 2.05) is 30.3 Å². The Morgan fingerprint density at radius 3 is 2.58 bits per heavy atom. The second-order valence-electron chi connectivity index (χ2n) is 5.63. The maximum Gasteiger partial charge on any atom is 0.274 e. The number of sulfonamides is 1. The molecule has 134 valence electrons. The molecule has 0 aliphatic carbocycles. The van der Waals surface area contributed by atoms with E-state index in [-0.39, 0.29) is 11.4 Å². The van der Waals surface area contributed by atoms with E-state index in [0.29, 0.717) is 17.0 Å². The number of nitrogens with zero attached hydrogens (tertiary/aromatic N) is 1. The van der Waals surface area contributed by atoms with Gasteiger partial charge in [-0.3, -0.25) is 9.52 Å². The van der Waals surface area contributed by atoms with Crippen molar-refractivity contribution in [2.75, 3.05) is 23.4 Å². The van der Waals surface area contributed by atoms with Gasteiger partial charge in [-0.2, -0.15) is 0 Å². The molecular formula is C18H17N3O4S. The Hall–Kier alpha value is -3.13. The number of benzene rings is 2. The predicted molar refractivity (Wildman–Crippen MR) is 101 cm³/mol. The number of methoxy groups -OCH3 is 1. The number of pyridine rings is 1. The van der Waals surface area contributed by atoms with Crippen LogP contribution in [0.1, 0.15) is 10.5 Å². The van der Waals surface area contributed by atoms with Crippen LogP contribution in [0.25, 0.3) is 10.9 Å². The van der Waals surface area contributed by atoms with Crippen molar-refractivity contribution in [1.29, 1.82) is 0 Å². The van der Waals surface area contributed by atoms with E-state index in [1.54, 1.807) is 18.2 Å². The highest BCUT2D eigenvalue weighted by molar-refractivity contribution is 7.92. The Labute approximate surface area is 151 Å². The largest absolute Gasteiger partial charge is 0.495 e. The second kappa shape index (κ2) is 7.01. The Bertz CT molecular complexity index is 1080. The smallest absolute Gasteiger partial charge is 0.274 e. The number of hydrogen-bond donors (Lipinski definition) is 2. The summed E-state index contributed by atoms with van der Waals surface area (Å²) in [5.41, 5.74) is 1.63. The molecule has 0 aliphatic heterocycles. The zero-order valence-electron chi connectivity index (χ0n) is 14.2. The predicted octanol–water partition coefficient (Wildman–Crippen LogP) is 2.87. The van der Waals surface area contributed by atoms with Crippen LogP contribution in [-0.4, -0.2) is 32.7 Å². The lowest BCUT2D eigenvalue weighted by atomic mass is 10.2. The van der Waals surface area contributed by atoms with E-state index in [2.05, 4.69) is 15.0 Å². The standard InChI is InChI=1S/C18H17N3O4S/c1-25-17-10-8-13(11-16(17)21-26(2,23)24)19-18(22)15-9-7-12-5-3-4-6-14(12)20-15/h3-11,21H,1-2H3,(H,19,22). The molecule has 0 fully saturated rings. The zero-order valence-corrected chi connectivity index (χ0v) is 15.0. The van der Waals surface area contributed by atoms with Gasteiger partial charge in [-0.25, -0.2) is 13.4 Å². The molecule has 0 aliphatic rings. The van der Waals surface area contributed by atoms with E-state index in [9.17, 15) is 13.2 Å². The Morgan fingerprint density at radius 1 is 1.08 bits per heavy atom. The van der Waals surface area contributed by atoms with Crippen LogP contribution in [0.5, 0.6) is 5.75 Å². The van der Waals surface area contributed by atoms with Crippen LogP contribution < -0.4 is 14.8 Å². The highest BCUT2D eigenvalue weighted by atomic mass is 32.2. The van der Waals surface area contributed by atoms with Crippen molar-refractivity contribution >= 4 is 38.2 Å². The van der Waals surface area contributed by atoms with Gasteiger partial charge in [0, 0.05) is 11.1 Å². The molecule has 3 rings (SSSR count). The average molecular weight is 371 g/mol. The Morgan fingerprint density at radius 2 is 1.85 bits per heavy atom. The molecule has 0 radical (unpaired) electrons. The minimum Gasteiger partial charge on any atom is -0.495 e. The summed E-state index contributed by atoms with van der Waals surface area (Å²) in [4.78, 5) is 16.8. The number of carbonyl (C=O) groups is 1. The third-order valence-corrected chi connectivity index (χ3v) is 4.17. The summed E-state index contributed by atoms with van der Waals surface area (Å²) in [6.07, 6.45) is 1.04. The topological polar surface area (TPSA) is 97.4 Å². The van der Waals surface area contributed by atoms with Crippen molar-refractivity contribution in [1.82, 2.24) is 4.98 Å². The number of amides is 1. The molecule has 26 heavy (non-hydrogen) atoms. The number of rotatable bonds is 5. The fourth-order valence-corrected chi connectivity index (χ4v) is 3.01. The van der Waals surface area contributed by atoms with Crippen LogP contribution in [0.15, 0.2) is 54.6 Å². The van der Waals surface area contributed by atoms with E-state index < -0.39 is 15.9 Å². The number of ether oxygens (including phenoxy) is 1. The maximum atomic E-state index is 12.5. The first kappa shape index (κ1) is 17.7. The molecule has 0 atom stereocenters. The molecule has 1 amide bonds. The van der Waals surface area contributed by atoms with Crippen molar-refractivity contribution in [2.45, 2.75) is 0 Å². The van der Waals surface area contributed by atoms with Gasteiger partial charge in [0.15, 0.2) is 0 Å². The third-order valence-electron chi connectivity index (χ3n) is 3.58. The lowest BCUT2D eigenvalue weighted by Gasteiger charge is -2.12. The number of nitrogens with one attached hydrogen (secondary N) is 2. The molecule has 0 saturated carbocycles. The van der Waals surface area contributed by atoms with Gasteiger partial charge in [0.25, 0.3) is 5.91 Å². The molecule has 0 unspecified atom stereocenters. The summed E-state index contributed by atoms with van der Waals surface area (Å²) in [6.45, 7) is 0. The number of para-hydroxylation sites is 1. The first-order valence-corrected chi connectivity index (χ1v) is 9.58. The molecule has 1 aromatic heterocycles. The highest BCUT2D eigenvalue weighted by Crippen LogP contribution is 2.28. The Kier molecular flexibility index (Phi) is 4.77. The quantitative estimate of drug-likeness (QED) is 0.719. The van der Waals surface area contributed by atoms with Gasteiger partial charge >= 0.3 is 0 Å². The van der Waals surface area contributed by atoms with E-state index in [4.69, 9.17) is 4.74 Å². The van der Waals surface area contributed by atoms with E-state index in [1.165, 1.54) is 13.2 Å². The van der Waals surface area contributed by atoms with Gasteiger partial charge in [-0.15, -0.1) is 0 Å². The monoisotopic (exact) mass is 371 g/mol.